The summed E-state index contributed by atoms with van der Waals surface area (Å²) >= 11 is 0. The van der Waals surface area contributed by atoms with E-state index in [1.165, 1.54) is 0 Å². The summed E-state index contributed by atoms with van der Waals surface area (Å²) in [6.07, 6.45) is 2.09. The smallest absolute Gasteiger partial charge is 0.137 e. The van der Waals surface area contributed by atoms with E-state index in [2.05, 4.69) is 11.8 Å². The van der Waals surface area contributed by atoms with E-state index in [0.717, 1.165) is 19.3 Å². The zero-order chi connectivity index (χ0) is 6.85. The monoisotopic (exact) mass is 127 g/mol. The van der Waals surface area contributed by atoms with E-state index in [0.29, 0.717) is 5.92 Å². The van der Waals surface area contributed by atoms with Crippen LogP contribution in [0.15, 0.2) is 0 Å². The molecular weight excluding hydrogens is 114 g/mol. The van der Waals surface area contributed by atoms with E-state index in [1.807, 2.05) is 7.05 Å². The van der Waals surface area contributed by atoms with Crippen LogP contribution < -0.4 is 0 Å². The number of carbonyl (C=O) groups is 1. The highest BCUT2D eigenvalue weighted by molar-refractivity contribution is 5.58. The average molecular weight is 127 g/mol. The Morgan fingerprint density at radius 2 is 2.33 bits per heavy atom. The number of likely N-dealkylation sites (tertiary alicyclic amines) is 1. The van der Waals surface area contributed by atoms with E-state index in [9.17, 15) is 4.79 Å². The van der Waals surface area contributed by atoms with Gasteiger partial charge in [-0.25, -0.2) is 0 Å². The van der Waals surface area contributed by atoms with E-state index in [-0.39, 0.29) is 6.04 Å². The minimum absolute atomic E-state index is 0.194. The number of hydrogen-bond acceptors (Lipinski definition) is 2. The standard InChI is InChI=1S/C7H13NO/c1-6-3-7(5-9)8(2)4-6/h5-7H,3-4H2,1-2H3. The van der Waals surface area contributed by atoms with E-state index in [4.69, 9.17) is 0 Å². The van der Waals surface area contributed by atoms with Crippen LogP contribution >= 0.6 is 0 Å². The summed E-state index contributed by atoms with van der Waals surface area (Å²) in [5.41, 5.74) is 0. The molecule has 1 fully saturated rings. The summed E-state index contributed by atoms with van der Waals surface area (Å²) in [5.74, 6) is 0.699. The van der Waals surface area contributed by atoms with Gasteiger partial charge in [0.2, 0.25) is 0 Å². The number of nitrogens with zero attached hydrogens (tertiary/aromatic N) is 1. The van der Waals surface area contributed by atoms with Gasteiger partial charge < -0.3 is 4.79 Å². The number of likely N-dealkylation sites (N-methyl/N-ethyl adjacent to an activating group) is 1. The molecule has 1 heterocycles. The Hall–Kier alpha value is -0.370. The molecule has 0 radical (unpaired) electrons. The van der Waals surface area contributed by atoms with Gasteiger partial charge in [0.15, 0.2) is 0 Å². The number of aldehydes is 1. The van der Waals surface area contributed by atoms with Gasteiger partial charge in [-0.1, -0.05) is 6.92 Å². The topological polar surface area (TPSA) is 20.3 Å². The highest BCUT2D eigenvalue weighted by Crippen LogP contribution is 2.18. The van der Waals surface area contributed by atoms with Gasteiger partial charge in [0.1, 0.15) is 6.29 Å². The molecule has 2 heteroatoms. The summed E-state index contributed by atoms with van der Waals surface area (Å²) in [6.45, 7) is 3.25. The minimum Gasteiger partial charge on any atom is -0.302 e. The molecule has 0 saturated carbocycles. The Kier molecular flexibility index (Phi) is 1.86. The molecule has 0 N–H and O–H groups in total. The van der Waals surface area contributed by atoms with Crippen LogP contribution in [0.3, 0.4) is 0 Å². The first-order valence-electron chi connectivity index (χ1n) is 3.39. The predicted octanol–water partition coefficient (Wildman–Crippen LogP) is 0.526. The van der Waals surface area contributed by atoms with Crippen LogP contribution in [0.2, 0.25) is 0 Å². The first-order chi connectivity index (χ1) is 4.24. The molecule has 2 unspecified atom stereocenters. The molecule has 9 heavy (non-hydrogen) atoms. The SMILES string of the molecule is CC1CC(C=O)N(C)C1. The summed E-state index contributed by atoms with van der Waals surface area (Å²) in [7, 11) is 2.00. The van der Waals surface area contributed by atoms with Crippen LogP contribution in [0.25, 0.3) is 0 Å². The van der Waals surface area contributed by atoms with Crippen molar-refractivity contribution in [3.63, 3.8) is 0 Å². The number of rotatable bonds is 1. The Bertz CT molecular complexity index is 113. The third kappa shape index (κ3) is 1.30. The van der Waals surface area contributed by atoms with E-state index >= 15 is 0 Å². The summed E-state index contributed by atoms with van der Waals surface area (Å²) in [5, 5.41) is 0. The quantitative estimate of drug-likeness (QED) is 0.479. The van der Waals surface area contributed by atoms with Gasteiger partial charge in [0.05, 0.1) is 6.04 Å². The zero-order valence-electron chi connectivity index (χ0n) is 6.00. The molecule has 0 aromatic heterocycles. The molecule has 0 aromatic carbocycles. The minimum atomic E-state index is 0.194. The summed E-state index contributed by atoms with van der Waals surface area (Å²) < 4.78 is 0. The molecule has 1 saturated heterocycles. The van der Waals surface area contributed by atoms with Crippen LogP contribution in [0, 0.1) is 5.92 Å². The molecule has 0 spiro atoms. The zero-order valence-corrected chi connectivity index (χ0v) is 6.00. The van der Waals surface area contributed by atoms with Crippen molar-refractivity contribution >= 4 is 6.29 Å². The Morgan fingerprint density at radius 1 is 1.67 bits per heavy atom. The first-order valence-corrected chi connectivity index (χ1v) is 3.39. The maximum atomic E-state index is 10.3. The lowest BCUT2D eigenvalue weighted by Crippen LogP contribution is -2.25. The summed E-state index contributed by atoms with van der Waals surface area (Å²) in [6, 6.07) is 0.194. The molecule has 0 aromatic rings. The normalized spacial score (nSPS) is 37.1. The Balaban J connectivity index is 2.47. The van der Waals surface area contributed by atoms with Gasteiger partial charge in [0.25, 0.3) is 0 Å². The number of hydrogen-bond donors (Lipinski definition) is 0. The van der Waals surface area contributed by atoms with Gasteiger partial charge in [-0.05, 0) is 19.4 Å². The molecule has 0 aliphatic carbocycles. The second-order valence-corrected chi connectivity index (χ2v) is 2.98. The van der Waals surface area contributed by atoms with Crippen molar-refractivity contribution < 1.29 is 4.79 Å². The van der Waals surface area contributed by atoms with Crippen molar-refractivity contribution in [1.82, 2.24) is 4.90 Å². The highest BCUT2D eigenvalue weighted by Gasteiger charge is 2.25. The predicted molar refractivity (Wildman–Crippen MR) is 36.3 cm³/mol. The van der Waals surface area contributed by atoms with Crippen LogP contribution in [0.4, 0.5) is 0 Å². The Labute approximate surface area is 55.8 Å². The third-order valence-electron chi connectivity index (χ3n) is 1.97. The molecule has 0 amide bonds. The van der Waals surface area contributed by atoms with Crippen LogP contribution in [0.1, 0.15) is 13.3 Å². The van der Waals surface area contributed by atoms with Crippen molar-refractivity contribution in [3.05, 3.63) is 0 Å². The van der Waals surface area contributed by atoms with Gasteiger partial charge in [-0.15, -0.1) is 0 Å². The molecule has 1 rings (SSSR count). The number of carbonyl (C=O) groups excluding carboxylic acids is 1. The second kappa shape index (κ2) is 2.48. The molecule has 1 aliphatic rings. The summed E-state index contributed by atoms with van der Waals surface area (Å²) in [4.78, 5) is 12.4. The molecule has 2 atom stereocenters. The van der Waals surface area contributed by atoms with Crippen molar-refractivity contribution in [2.75, 3.05) is 13.6 Å². The van der Waals surface area contributed by atoms with Crippen molar-refractivity contribution in [3.8, 4) is 0 Å². The van der Waals surface area contributed by atoms with Crippen molar-refractivity contribution in [2.24, 2.45) is 5.92 Å². The molecule has 2 nitrogen and oxygen atoms in total. The Morgan fingerprint density at radius 3 is 2.56 bits per heavy atom. The van der Waals surface area contributed by atoms with Crippen molar-refractivity contribution in [2.45, 2.75) is 19.4 Å². The maximum absolute atomic E-state index is 10.3. The maximum Gasteiger partial charge on any atom is 0.137 e. The van der Waals surface area contributed by atoms with E-state index < -0.39 is 0 Å². The van der Waals surface area contributed by atoms with Crippen LogP contribution in [-0.4, -0.2) is 30.8 Å². The van der Waals surface area contributed by atoms with Gasteiger partial charge in [-0.3, -0.25) is 4.90 Å². The molecular formula is C7H13NO. The fraction of sp³-hybridized carbons (Fsp3) is 0.857. The fourth-order valence-electron chi connectivity index (χ4n) is 1.45. The highest BCUT2D eigenvalue weighted by atomic mass is 16.1. The second-order valence-electron chi connectivity index (χ2n) is 2.98. The lowest BCUT2D eigenvalue weighted by molar-refractivity contribution is -0.111. The molecule has 0 bridgehead atoms. The van der Waals surface area contributed by atoms with Crippen LogP contribution in [-0.2, 0) is 4.79 Å². The molecule has 1 aliphatic heterocycles. The van der Waals surface area contributed by atoms with Crippen molar-refractivity contribution in [1.29, 1.82) is 0 Å². The largest absolute Gasteiger partial charge is 0.302 e. The average Bonchev–Trinajstić information content (AvgIpc) is 2.10. The first kappa shape index (κ1) is 6.75. The van der Waals surface area contributed by atoms with Crippen LogP contribution in [0.5, 0.6) is 0 Å². The van der Waals surface area contributed by atoms with Gasteiger partial charge in [0, 0.05) is 6.54 Å². The van der Waals surface area contributed by atoms with Gasteiger partial charge in [-0.2, -0.15) is 0 Å². The lowest BCUT2D eigenvalue weighted by Gasteiger charge is -2.10. The fourth-order valence-corrected chi connectivity index (χ4v) is 1.45. The molecule has 52 valence electrons. The van der Waals surface area contributed by atoms with Gasteiger partial charge >= 0.3 is 0 Å². The third-order valence-corrected chi connectivity index (χ3v) is 1.97. The lowest BCUT2D eigenvalue weighted by atomic mass is 10.1. The van der Waals surface area contributed by atoms with E-state index in [1.54, 1.807) is 0 Å².